The van der Waals surface area contributed by atoms with E-state index in [1.54, 1.807) is 0 Å². The van der Waals surface area contributed by atoms with Gasteiger partial charge in [0, 0.05) is 0 Å². The number of nitrogens with zero attached hydrogens (tertiary/aromatic N) is 2. The number of rotatable bonds is 5. The normalized spacial score (nSPS) is 10.7. The second-order valence-corrected chi connectivity index (χ2v) is 6.31. The lowest BCUT2D eigenvalue weighted by Crippen LogP contribution is -2.14. The van der Waals surface area contributed by atoms with Crippen LogP contribution in [0.25, 0.3) is 0 Å². The van der Waals surface area contributed by atoms with Crippen LogP contribution in [-0.4, -0.2) is 16.1 Å². The Bertz CT molecular complexity index is 882. The zero-order valence-electron chi connectivity index (χ0n) is 14.7. The molecule has 0 atom stereocenters. The predicted octanol–water partition coefficient (Wildman–Crippen LogP) is 3.77. The van der Waals surface area contributed by atoms with Crippen molar-refractivity contribution in [1.82, 2.24) is 10.2 Å². The Morgan fingerprint density at radius 2 is 1.68 bits per heavy atom. The van der Waals surface area contributed by atoms with Crippen LogP contribution in [0.3, 0.4) is 0 Å². The Labute approximate surface area is 147 Å². The fraction of sp³-hybridized carbons (Fsp3) is 0.250. The van der Waals surface area contributed by atoms with E-state index in [9.17, 15) is 4.79 Å². The molecule has 0 aliphatic heterocycles. The van der Waals surface area contributed by atoms with E-state index in [1.165, 1.54) is 16.7 Å². The third kappa shape index (κ3) is 4.53. The number of benzene rings is 2. The lowest BCUT2D eigenvalue weighted by Gasteiger charge is -2.04. The van der Waals surface area contributed by atoms with Crippen molar-refractivity contribution in [1.29, 1.82) is 0 Å². The molecule has 0 aliphatic carbocycles. The third-order valence-corrected chi connectivity index (χ3v) is 4.13. The van der Waals surface area contributed by atoms with Gasteiger partial charge in [-0.25, -0.2) is 0 Å². The van der Waals surface area contributed by atoms with E-state index in [1.807, 2.05) is 63.2 Å². The molecule has 0 spiro atoms. The van der Waals surface area contributed by atoms with Gasteiger partial charge in [0.25, 0.3) is 0 Å². The van der Waals surface area contributed by atoms with Gasteiger partial charge in [0.15, 0.2) is 0 Å². The Balaban J connectivity index is 1.59. The molecule has 1 amide bonds. The van der Waals surface area contributed by atoms with Gasteiger partial charge in [0.2, 0.25) is 11.8 Å². The van der Waals surface area contributed by atoms with Gasteiger partial charge in [-0.05, 0) is 43.0 Å². The van der Waals surface area contributed by atoms with Crippen LogP contribution in [0.5, 0.6) is 0 Å². The van der Waals surface area contributed by atoms with Crippen molar-refractivity contribution in [3.63, 3.8) is 0 Å². The van der Waals surface area contributed by atoms with Crippen LogP contribution in [0.1, 0.15) is 33.7 Å². The number of carbonyl (C=O) groups is 1. The van der Waals surface area contributed by atoms with Crippen LogP contribution in [0.15, 0.2) is 46.9 Å². The van der Waals surface area contributed by atoms with Crippen molar-refractivity contribution in [2.45, 2.75) is 33.6 Å². The lowest BCUT2D eigenvalue weighted by atomic mass is 10.0. The highest BCUT2D eigenvalue weighted by Gasteiger charge is 2.11. The van der Waals surface area contributed by atoms with Gasteiger partial charge < -0.3 is 4.42 Å². The largest absolute Gasteiger partial charge is 0.407 e. The third-order valence-electron chi connectivity index (χ3n) is 4.13. The van der Waals surface area contributed by atoms with Crippen LogP contribution < -0.4 is 5.32 Å². The summed E-state index contributed by atoms with van der Waals surface area (Å²) in [6.45, 7) is 6.12. The lowest BCUT2D eigenvalue weighted by molar-refractivity contribution is -0.115. The molecule has 5 heteroatoms. The fourth-order valence-corrected chi connectivity index (χ4v) is 2.52. The smallest absolute Gasteiger partial charge is 0.322 e. The topological polar surface area (TPSA) is 68.0 Å². The van der Waals surface area contributed by atoms with Crippen molar-refractivity contribution >= 4 is 11.9 Å². The summed E-state index contributed by atoms with van der Waals surface area (Å²) in [5.41, 5.74) is 5.63. The number of hydrogen-bond donors (Lipinski definition) is 1. The summed E-state index contributed by atoms with van der Waals surface area (Å²) in [5, 5.41) is 10.5. The summed E-state index contributed by atoms with van der Waals surface area (Å²) < 4.78 is 5.51. The number of anilines is 1. The van der Waals surface area contributed by atoms with Crippen molar-refractivity contribution in [2.75, 3.05) is 5.32 Å². The van der Waals surface area contributed by atoms with Crippen molar-refractivity contribution in [2.24, 2.45) is 0 Å². The molecular formula is C20H21N3O2. The maximum absolute atomic E-state index is 12.1. The second-order valence-electron chi connectivity index (χ2n) is 6.31. The van der Waals surface area contributed by atoms with Crippen molar-refractivity contribution < 1.29 is 9.21 Å². The van der Waals surface area contributed by atoms with E-state index in [2.05, 4.69) is 15.5 Å². The maximum Gasteiger partial charge on any atom is 0.322 e. The molecule has 0 saturated carbocycles. The minimum atomic E-state index is -0.172. The van der Waals surface area contributed by atoms with Gasteiger partial charge in [0.1, 0.15) is 0 Å². The van der Waals surface area contributed by atoms with Crippen molar-refractivity contribution in [3.05, 3.63) is 76.2 Å². The summed E-state index contributed by atoms with van der Waals surface area (Å²) in [6, 6.07) is 14.3. The predicted molar refractivity (Wildman–Crippen MR) is 96.5 cm³/mol. The first-order valence-electron chi connectivity index (χ1n) is 8.23. The van der Waals surface area contributed by atoms with Gasteiger partial charge in [0.05, 0.1) is 12.8 Å². The average molecular weight is 335 g/mol. The standard InChI is InChI=1S/C20H21N3O2/c1-13-4-7-16(8-5-13)12-19-22-23-20(25-19)21-18(24)11-17-9-6-14(2)15(3)10-17/h4-10H,11-12H2,1-3H3,(H,21,23,24). The molecule has 0 bridgehead atoms. The number of amides is 1. The number of nitrogens with one attached hydrogen (secondary N) is 1. The number of aromatic nitrogens is 2. The zero-order chi connectivity index (χ0) is 17.8. The molecule has 128 valence electrons. The van der Waals surface area contributed by atoms with Crippen LogP contribution in [-0.2, 0) is 17.6 Å². The summed E-state index contributed by atoms with van der Waals surface area (Å²) in [4.78, 5) is 12.1. The van der Waals surface area contributed by atoms with E-state index < -0.39 is 0 Å². The molecule has 3 aromatic rings. The molecule has 2 aromatic carbocycles. The van der Waals surface area contributed by atoms with Gasteiger partial charge in [-0.1, -0.05) is 53.1 Å². The average Bonchev–Trinajstić information content (AvgIpc) is 3.00. The molecule has 1 N–H and O–H groups in total. The number of aryl methyl sites for hydroxylation is 3. The highest BCUT2D eigenvalue weighted by Crippen LogP contribution is 2.14. The van der Waals surface area contributed by atoms with Gasteiger partial charge in [-0.15, -0.1) is 5.10 Å². The molecule has 0 saturated heterocycles. The Kier molecular flexibility index (Phi) is 4.93. The van der Waals surface area contributed by atoms with E-state index in [4.69, 9.17) is 4.42 Å². The Morgan fingerprint density at radius 3 is 2.40 bits per heavy atom. The molecule has 0 radical (unpaired) electrons. The zero-order valence-corrected chi connectivity index (χ0v) is 14.7. The first-order valence-corrected chi connectivity index (χ1v) is 8.23. The summed E-state index contributed by atoms with van der Waals surface area (Å²) in [6.07, 6.45) is 0.817. The number of hydrogen-bond acceptors (Lipinski definition) is 4. The molecule has 0 aliphatic rings. The van der Waals surface area contributed by atoms with Crippen LogP contribution in [0.4, 0.5) is 6.01 Å². The van der Waals surface area contributed by atoms with Gasteiger partial charge in [-0.2, -0.15) is 0 Å². The molecule has 5 nitrogen and oxygen atoms in total. The molecule has 1 heterocycles. The first-order chi connectivity index (χ1) is 12.0. The monoisotopic (exact) mass is 335 g/mol. The minimum Gasteiger partial charge on any atom is -0.407 e. The fourth-order valence-electron chi connectivity index (χ4n) is 2.52. The highest BCUT2D eigenvalue weighted by atomic mass is 16.4. The van der Waals surface area contributed by atoms with E-state index in [-0.39, 0.29) is 18.3 Å². The van der Waals surface area contributed by atoms with Crippen LogP contribution in [0.2, 0.25) is 0 Å². The van der Waals surface area contributed by atoms with Gasteiger partial charge in [-0.3, -0.25) is 10.1 Å². The summed E-state index contributed by atoms with van der Waals surface area (Å²) in [5.74, 6) is 0.305. The highest BCUT2D eigenvalue weighted by molar-refractivity contribution is 5.90. The first kappa shape index (κ1) is 16.9. The molecule has 25 heavy (non-hydrogen) atoms. The molecule has 1 aromatic heterocycles. The second kappa shape index (κ2) is 7.30. The summed E-state index contributed by atoms with van der Waals surface area (Å²) in [7, 11) is 0. The quantitative estimate of drug-likeness (QED) is 0.771. The Morgan fingerprint density at radius 1 is 0.960 bits per heavy atom. The van der Waals surface area contributed by atoms with E-state index in [0.717, 1.165) is 11.1 Å². The van der Waals surface area contributed by atoms with E-state index >= 15 is 0 Å². The molecule has 0 fully saturated rings. The van der Waals surface area contributed by atoms with Crippen molar-refractivity contribution in [3.8, 4) is 0 Å². The molecular weight excluding hydrogens is 314 g/mol. The van der Waals surface area contributed by atoms with Crippen LogP contribution in [0, 0.1) is 20.8 Å². The summed E-state index contributed by atoms with van der Waals surface area (Å²) >= 11 is 0. The molecule has 0 unspecified atom stereocenters. The minimum absolute atomic E-state index is 0.135. The SMILES string of the molecule is Cc1ccc(Cc2nnc(NC(=O)Cc3ccc(C)c(C)c3)o2)cc1. The molecule has 3 rings (SSSR count). The maximum atomic E-state index is 12.1. The Hall–Kier alpha value is -2.95. The van der Waals surface area contributed by atoms with E-state index in [0.29, 0.717) is 12.3 Å². The van der Waals surface area contributed by atoms with Crippen LogP contribution >= 0.6 is 0 Å². The number of carbonyl (C=O) groups excluding carboxylic acids is 1. The van der Waals surface area contributed by atoms with Gasteiger partial charge >= 0.3 is 6.01 Å².